The molecule has 1 unspecified atom stereocenters. The van der Waals surface area contributed by atoms with Gasteiger partial charge in [-0.3, -0.25) is 0 Å². The lowest BCUT2D eigenvalue weighted by molar-refractivity contribution is 0.279. The molecule has 0 aliphatic heterocycles. The van der Waals surface area contributed by atoms with Gasteiger partial charge >= 0.3 is 0 Å². The minimum atomic E-state index is 0.385. The zero-order valence-electron chi connectivity index (χ0n) is 9.42. The van der Waals surface area contributed by atoms with Crippen LogP contribution in [0.3, 0.4) is 0 Å². The molecule has 78 valence electrons. The molecule has 2 heteroatoms. The van der Waals surface area contributed by atoms with Gasteiger partial charge in [-0.15, -0.1) is 0 Å². The summed E-state index contributed by atoms with van der Waals surface area (Å²) >= 11 is 0. The second-order valence-corrected chi connectivity index (χ2v) is 3.82. The van der Waals surface area contributed by atoms with Gasteiger partial charge in [0.25, 0.3) is 0 Å². The van der Waals surface area contributed by atoms with Gasteiger partial charge in [-0.2, -0.15) is 0 Å². The first-order chi connectivity index (χ1) is 6.61. The Balaban J connectivity index is 2.58. The molecule has 1 atom stereocenters. The summed E-state index contributed by atoms with van der Waals surface area (Å²) in [5.41, 5.74) is 2.49. The standard InChI is InChI=1S/C12H19NO/c1-9-5-10(2)7-12(6-9)14-8-11(3)13-4/h5-7,11,13H,8H2,1-4H3. The lowest BCUT2D eigenvalue weighted by Gasteiger charge is -2.12. The van der Waals surface area contributed by atoms with Crippen LogP contribution in [-0.4, -0.2) is 19.7 Å². The van der Waals surface area contributed by atoms with Gasteiger partial charge in [-0.05, 0) is 51.1 Å². The van der Waals surface area contributed by atoms with Crippen molar-refractivity contribution in [2.24, 2.45) is 0 Å². The van der Waals surface area contributed by atoms with E-state index in [4.69, 9.17) is 4.74 Å². The number of rotatable bonds is 4. The van der Waals surface area contributed by atoms with Crippen LogP contribution in [-0.2, 0) is 0 Å². The fraction of sp³-hybridized carbons (Fsp3) is 0.500. The molecule has 1 N–H and O–H groups in total. The van der Waals surface area contributed by atoms with Crippen LogP contribution in [0.2, 0.25) is 0 Å². The van der Waals surface area contributed by atoms with E-state index in [0.717, 1.165) is 5.75 Å². The summed E-state index contributed by atoms with van der Waals surface area (Å²) in [7, 11) is 1.94. The van der Waals surface area contributed by atoms with Crippen LogP contribution >= 0.6 is 0 Å². The molecule has 0 heterocycles. The van der Waals surface area contributed by atoms with E-state index >= 15 is 0 Å². The van der Waals surface area contributed by atoms with E-state index in [1.165, 1.54) is 11.1 Å². The molecule has 0 fully saturated rings. The van der Waals surface area contributed by atoms with Gasteiger partial charge in [0.05, 0.1) is 0 Å². The smallest absolute Gasteiger partial charge is 0.119 e. The minimum absolute atomic E-state index is 0.385. The zero-order chi connectivity index (χ0) is 10.6. The molecular formula is C12H19NO. The minimum Gasteiger partial charge on any atom is -0.492 e. The zero-order valence-corrected chi connectivity index (χ0v) is 9.42. The molecule has 1 aromatic rings. The molecular weight excluding hydrogens is 174 g/mol. The number of benzene rings is 1. The molecule has 1 rings (SSSR count). The van der Waals surface area contributed by atoms with E-state index in [0.29, 0.717) is 12.6 Å². The van der Waals surface area contributed by atoms with E-state index in [1.54, 1.807) is 0 Å². The van der Waals surface area contributed by atoms with Crippen LogP contribution in [0, 0.1) is 13.8 Å². The largest absolute Gasteiger partial charge is 0.492 e. The first kappa shape index (κ1) is 11.1. The molecule has 0 amide bonds. The normalized spacial score (nSPS) is 12.6. The van der Waals surface area contributed by atoms with Gasteiger partial charge < -0.3 is 10.1 Å². The lowest BCUT2D eigenvalue weighted by Crippen LogP contribution is -2.28. The van der Waals surface area contributed by atoms with E-state index < -0.39 is 0 Å². The topological polar surface area (TPSA) is 21.3 Å². The van der Waals surface area contributed by atoms with Gasteiger partial charge in [0.15, 0.2) is 0 Å². The number of hydrogen-bond acceptors (Lipinski definition) is 2. The van der Waals surface area contributed by atoms with Gasteiger partial charge in [-0.25, -0.2) is 0 Å². The predicted molar refractivity (Wildman–Crippen MR) is 59.9 cm³/mol. The van der Waals surface area contributed by atoms with Crippen molar-refractivity contribution in [2.45, 2.75) is 26.8 Å². The van der Waals surface area contributed by atoms with E-state index in [2.05, 4.69) is 44.3 Å². The molecule has 0 aromatic heterocycles. The third-order valence-electron chi connectivity index (χ3n) is 2.19. The monoisotopic (exact) mass is 193 g/mol. The average Bonchev–Trinajstić information content (AvgIpc) is 2.12. The van der Waals surface area contributed by atoms with Crippen molar-refractivity contribution < 1.29 is 4.74 Å². The molecule has 0 radical (unpaired) electrons. The second kappa shape index (κ2) is 5.01. The highest BCUT2D eigenvalue weighted by Gasteiger charge is 2.00. The van der Waals surface area contributed by atoms with Crippen molar-refractivity contribution in [3.8, 4) is 5.75 Å². The summed E-state index contributed by atoms with van der Waals surface area (Å²) in [6.07, 6.45) is 0. The van der Waals surface area contributed by atoms with Crippen LogP contribution in [0.25, 0.3) is 0 Å². The summed E-state index contributed by atoms with van der Waals surface area (Å²) < 4.78 is 5.66. The number of likely N-dealkylation sites (N-methyl/N-ethyl adjacent to an activating group) is 1. The highest BCUT2D eigenvalue weighted by Crippen LogP contribution is 2.16. The number of nitrogens with one attached hydrogen (secondary N) is 1. The Bertz CT molecular complexity index is 276. The maximum atomic E-state index is 5.66. The Hall–Kier alpha value is -1.02. The van der Waals surface area contributed by atoms with Crippen molar-refractivity contribution in [1.82, 2.24) is 5.32 Å². The molecule has 0 saturated carbocycles. The highest BCUT2D eigenvalue weighted by molar-refractivity contribution is 5.32. The first-order valence-electron chi connectivity index (χ1n) is 5.00. The Kier molecular flexibility index (Phi) is 3.96. The van der Waals surface area contributed by atoms with Gasteiger partial charge in [-0.1, -0.05) is 6.07 Å². The number of ether oxygens (including phenoxy) is 1. The highest BCUT2D eigenvalue weighted by atomic mass is 16.5. The molecule has 14 heavy (non-hydrogen) atoms. The van der Waals surface area contributed by atoms with E-state index in [9.17, 15) is 0 Å². The Labute approximate surface area is 86.3 Å². The van der Waals surface area contributed by atoms with Crippen molar-refractivity contribution >= 4 is 0 Å². The maximum absolute atomic E-state index is 5.66. The van der Waals surface area contributed by atoms with Gasteiger partial charge in [0.2, 0.25) is 0 Å². The maximum Gasteiger partial charge on any atom is 0.119 e. The molecule has 0 aliphatic rings. The Morgan fingerprint density at radius 2 is 1.79 bits per heavy atom. The van der Waals surface area contributed by atoms with Crippen molar-refractivity contribution in [2.75, 3.05) is 13.7 Å². The van der Waals surface area contributed by atoms with Crippen LogP contribution in [0.4, 0.5) is 0 Å². The van der Waals surface area contributed by atoms with E-state index in [-0.39, 0.29) is 0 Å². The third-order valence-corrected chi connectivity index (χ3v) is 2.19. The fourth-order valence-electron chi connectivity index (χ4n) is 1.32. The van der Waals surface area contributed by atoms with Crippen LogP contribution in [0.1, 0.15) is 18.1 Å². The fourth-order valence-corrected chi connectivity index (χ4v) is 1.32. The number of aryl methyl sites for hydroxylation is 2. The van der Waals surface area contributed by atoms with E-state index in [1.807, 2.05) is 7.05 Å². The molecule has 0 aliphatic carbocycles. The molecule has 2 nitrogen and oxygen atoms in total. The molecule has 1 aromatic carbocycles. The summed E-state index contributed by atoms with van der Waals surface area (Å²) in [6.45, 7) is 6.98. The average molecular weight is 193 g/mol. The van der Waals surface area contributed by atoms with Gasteiger partial charge in [0.1, 0.15) is 12.4 Å². The van der Waals surface area contributed by atoms with Crippen molar-refractivity contribution in [3.63, 3.8) is 0 Å². The summed E-state index contributed by atoms with van der Waals surface area (Å²) in [6, 6.07) is 6.66. The van der Waals surface area contributed by atoms with Crippen LogP contribution in [0.5, 0.6) is 5.75 Å². The third kappa shape index (κ3) is 3.38. The van der Waals surface area contributed by atoms with Crippen LogP contribution in [0.15, 0.2) is 18.2 Å². The molecule has 0 saturated heterocycles. The molecule has 0 bridgehead atoms. The molecule has 0 spiro atoms. The Morgan fingerprint density at radius 1 is 1.21 bits per heavy atom. The Morgan fingerprint density at radius 3 is 2.29 bits per heavy atom. The van der Waals surface area contributed by atoms with Crippen molar-refractivity contribution in [3.05, 3.63) is 29.3 Å². The first-order valence-corrected chi connectivity index (χ1v) is 5.00. The SMILES string of the molecule is CNC(C)COc1cc(C)cc(C)c1. The number of hydrogen-bond donors (Lipinski definition) is 1. The summed E-state index contributed by atoms with van der Waals surface area (Å²) in [5, 5.41) is 3.14. The van der Waals surface area contributed by atoms with Crippen LogP contribution < -0.4 is 10.1 Å². The van der Waals surface area contributed by atoms with Crippen molar-refractivity contribution in [1.29, 1.82) is 0 Å². The second-order valence-electron chi connectivity index (χ2n) is 3.82. The lowest BCUT2D eigenvalue weighted by atomic mass is 10.1. The van der Waals surface area contributed by atoms with Gasteiger partial charge in [0, 0.05) is 6.04 Å². The summed E-state index contributed by atoms with van der Waals surface area (Å²) in [5.74, 6) is 0.963. The quantitative estimate of drug-likeness (QED) is 0.792. The summed E-state index contributed by atoms with van der Waals surface area (Å²) in [4.78, 5) is 0. The predicted octanol–water partition coefficient (Wildman–Crippen LogP) is 2.29.